The molecule has 0 bridgehead atoms. The average Bonchev–Trinajstić information content (AvgIpc) is 2.89. The van der Waals surface area contributed by atoms with Crippen LogP contribution in [0.25, 0.3) is 0 Å². The Labute approximate surface area is 205 Å². The van der Waals surface area contributed by atoms with Crippen molar-refractivity contribution in [2.75, 3.05) is 6.61 Å². The first-order chi connectivity index (χ1) is 17.1. The molecule has 3 aromatic rings. The Morgan fingerprint density at radius 1 is 0.971 bits per heavy atom. The smallest absolute Gasteiger partial charge is 0.315 e. The van der Waals surface area contributed by atoms with Gasteiger partial charge in [-0.25, -0.2) is 0 Å². The Balaban J connectivity index is 1.44. The van der Waals surface area contributed by atoms with Gasteiger partial charge in [-0.05, 0) is 35.1 Å². The van der Waals surface area contributed by atoms with Gasteiger partial charge >= 0.3 is 5.97 Å². The third-order valence-corrected chi connectivity index (χ3v) is 6.89. The monoisotopic (exact) mass is 464 g/mol. The topological polar surface area (TPSA) is 68.3 Å². The van der Waals surface area contributed by atoms with Gasteiger partial charge < -0.3 is 10.1 Å². The van der Waals surface area contributed by atoms with Crippen molar-refractivity contribution in [1.82, 2.24) is 10.3 Å². The van der Waals surface area contributed by atoms with Gasteiger partial charge in [0.25, 0.3) is 0 Å². The number of rotatable bonds is 6. The van der Waals surface area contributed by atoms with E-state index in [0.717, 1.165) is 22.4 Å². The summed E-state index contributed by atoms with van der Waals surface area (Å²) in [7, 11) is 0. The van der Waals surface area contributed by atoms with E-state index >= 15 is 0 Å². The number of ether oxygens (including phenoxy) is 1. The molecule has 2 heterocycles. The third kappa shape index (κ3) is 4.80. The lowest BCUT2D eigenvalue weighted by atomic mass is 9.69. The number of nitrogens with one attached hydrogen (secondary N) is 1. The second kappa shape index (κ2) is 10.1. The molecule has 0 fully saturated rings. The Kier molecular flexibility index (Phi) is 6.57. The summed E-state index contributed by atoms with van der Waals surface area (Å²) in [5.41, 5.74) is 5.12. The van der Waals surface area contributed by atoms with E-state index in [1.54, 1.807) is 12.4 Å². The van der Waals surface area contributed by atoms with Crippen LogP contribution in [0.15, 0.2) is 109 Å². The first-order valence-electron chi connectivity index (χ1n) is 12.0. The number of Topliss-reactive ketones (excluding diaryl/α,β-unsaturated/α-hetero) is 1. The predicted molar refractivity (Wildman–Crippen MR) is 134 cm³/mol. The van der Waals surface area contributed by atoms with Crippen molar-refractivity contribution in [2.24, 2.45) is 5.92 Å². The van der Waals surface area contributed by atoms with E-state index < -0.39 is 11.8 Å². The zero-order valence-electron chi connectivity index (χ0n) is 19.5. The van der Waals surface area contributed by atoms with Crippen LogP contribution in [0.3, 0.4) is 0 Å². The van der Waals surface area contributed by atoms with Crippen molar-refractivity contribution < 1.29 is 14.3 Å². The lowest BCUT2D eigenvalue weighted by molar-refractivity contribution is -0.147. The molecular formula is C30H28N2O3. The first-order valence-corrected chi connectivity index (χ1v) is 12.0. The minimum Gasteiger partial charge on any atom is -0.465 e. The van der Waals surface area contributed by atoms with Gasteiger partial charge in [0, 0.05) is 48.1 Å². The van der Waals surface area contributed by atoms with Gasteiger partial charge in [-0.2, -0.15) is 0 Å². The zero-order chi connectivity index (χ0) is 24.2. The Bertz CT molecular complexity index is 1250. The minimum atomic E-state index is -0.703. The fourth-order valence-electron chi connectivity index (χ4n) is 5.21. The van der Waals surface area contributed by atoms with Crippen LogP contribution in [0, 0.1) is 5.92 Å². The fraction of sp³-hybridized carbons (Fsp3) is 0.233. The molecule has 1 aliphatic heterocycles. The van der Waals surface area contributed by atoms with Crippen molar-refractivity contribution in [3.05, 3.63) is 125 Å². The third-order valence-electron chi connectivity index (χ3n) is 6.89. The molecule has 176 valence electrons. The maximum absolute atomic E-state index is 13.6. The molecule has 3 unspecified atom stereocenters. The van der Waals surface area contributed by atoms with Crippen LogP contribution in [0.2, 0.25) is 0 Å². The number of pyridine rings is 1. The number of carbonyl (C=O) groups excluding carboxylic acids is 2. The first kappa shape index (κ1) is 22.8. The maximum atomic E-state index is 13.6. The molecule has 0 saturated carbocycles. The SMILES string of the molecule is C=C1NC2=C(C(=O)CC(c3ccccc3)C2)C(c2cccnc2)C1C(=O)OCCc1ccccc1. The number of hydrogen-bond donors (Lipinski definition) is 1. The van der Waals surface area contributed by atoms with Gasteiger partial charge in [0.15, 0.2) is 5.78 Å². The average molecular weight is 465 g/mol. The van der Waals surface area contributed by atoms with E-state index in [2.05, 4.69) is 29.0 Å². The number of hydrogen-bond acceptors (Lipinski definition) is 5. The van der Waals surface area contributed by atoms with Crippen molar-refractivity contribution in [1.29, 1.82) is 0 Å². The number of allylic oxidation sites excluding steroid dienone is 2. The van der Waals surface area contributed by atoms with Gasteiger partial charge in [-0.3, -0.25) is 14.6 Å². The Morgan fingerprint density at radius 2 is 1.69 bits per heavy atom. The highest BCUT2D eigenvalue weighted by Gasteiger charge is 2.45. The standard InChI is InChI=1S/C30H28N2O3/c1-20-27(30(34)35-16-14-21-9-4-2-5-10-21)28(23-13-8-15-31-19-23)29-25(32-20)17-24(18-26(29)33)22-11-6-3-7-12-22/h2-13,15,19,24,27-28,32H,1,14,16-18H2. The highest BCUT2D eigenvalue weighted by atomic mass is 16.5. The molecule has 1 aliphatic carbocycles. The predicted octanol–water partition coefficient (Wildman–Crippen LogP) is 5.09. The number of aromatic nitrogens is 1. The van der Waals surface area contributed by atoms with Gasteiger partial charge in [0.2, 0.25) is 0 Å². The second-order valence-corrected chi connectivity index (χ2v) is 9.13. The summed E-state index contributed by atoms with van der Waals surface area (Å²) in [6.07, 6.45) is 5.15. The molecular weight excluding hydrogens is 436 g/mol. The maximum Gasteiger partial charge on any atom is 0.315 e. The number of carbonyl (C=O) groups is 2. The highest BCUT2D eigenvalue weighted by molar-refractivity contribution is 6.01. The molecule has 2 aromatic carbocycles. The van der Waals surface area contributed by atoms with Gasteiger partial charge in [-0.15, -0.1) is 0 Å². The van der Waals surface area contributed by atoms with Crippen LogP contribution in [-0.2, 0) is 20.7 Å². The van der Waals surface area contributed by atoms with Crippen molar-refractivity contribution in [2.45, 2.75) is 31.1 Å². The van der Waals surface area contributed by atoms with E-state index in [1.807, 2.05) is 60.7 Å². The van der Waals surface area contributed by atoms with Crippen molar-refractivity contribution >= 4 is 11.8 Å². The van der Waals surface area contributed by atoms with E-state index in [9.17, 15) is 9.59 Å². The highest BCUT2D eigenvalue weighted by Crippen LogP contribution is 2.47. The lowest BCUT2D eigenvalue weighted by Gasteiger charge is -2.40. The van der Waals surface area contributed by atoms with Crippen LogP contribution in [0.4, 0.5) is 0 Å². The summed E-state index contributed by atoms with van der Waals surface area (Å²) in [6, 6.07) is 23.8. The molecule has 1 aromatic heterocycles. The summed E-state index contributed by atoms with van der Waals surface area (Å²) < 4.78 is 5.72. The van der Waals surface area contributed by atoms with Gasteiger partial charge in [0.05, 0.1) is 6.61 Å². The Morgan fingerprint density at radius 3 is 2.40 bits per heavy atom. The molecule has 5 rings (SSSR count). The molecule has 2 aliphatic rings. The molecule has 0 saturated heterocycles. The summed E-state index contributed by atoms with van der Waals surface area (Å²) in [5, 5.41) is 3.33. The number of ketones is 1. The molecule has 35 heavy (non-hydrogen) atoms. The molecule has 5 heteroatoms. The summed E-state index contributed by atoms with van der Waals surface area (Å²) in [4.78, 5) is 31.2. The normalized spacial score (nSPS) is 21.8. The second-order valence-electron chi connectivity index (χ2n) is 9.13. The summed E-state index contributed by atoms with van der Waals surface area (Å²) in [6.45, 7) is 4.46. The molecule has 0 radical (unpaired) electrons. The number of nitrogens with zero attached hydrogens (tertiary/aromatic N) is 1. The van der Waals surface area contributed by atoms with Crippen LogP contribution in [0.5, 0.6) is 0 Å². The van der Waals surface area contributed by atoms with Crippen LogP contribution >= 0.6 is 0 Å². The van der Waals surface area contributed by atoms with E-state index in [0.29, 0.717) is 30.5 Å². The largest absolute Gasteiger partial charge is 0.465 e. The Hall–Kier alpha value is -3.99. The van der Waals surface area contributed by atoms with Crippen molar-refractivity contribution in [3.63, 3.8) is 0 Å². The number of benzene rings is 2. The van der Waals surface area contributed by atoms with Crippen LogP contribution in [0.1, 0.15) is 41.4 Å². The molecule has 1 N–H and O–H groups in total. The van der Waals surface area contributed by atoms with E-state index in [-0.39, 0.29) is 24.3 Å². The fourth-order valence-corrected chi connectivity index (χ4v) is 5.21. The van der Waals surface area contributed by atoms with Gasteiger partial charge in [-0.1, -0.05) is 73.3 Å². The summed E-state index contributed by atoms with van der Waals surface area (Å²) in [5.74, 6) is -1.41. The molecule has 3 atom stereocenters. The zero-order valence-corrected chi connectivity index (χ0v) is 19.5. The summed E-state index contributed by atoms with van der Waals surface area (Å²) >= 11 is 0. The van der Waals surface area contributed by atoms with E-state index in [1.165, 1.54) is 0 Å². The molecule has 5 nitrogen and oxygen atoms in total. The van der Waals surface area contributed by atoms with Crippen molar-refractivity contribution in [3.8, 4) is 0 Å². The number of esters is 1. The quantitative estimate of drug-likeness (QED) is 0.515. The molecule has 0 spiro atoms. The van der Waals surface area contributed by atoms with Gasteiger partial charge in [0.1, 0.15) is 5.92 Å². The van der Waals surface area contributed by atoms with Crippen LogP contribution < -0.4 is 5.32 Å². The molecule has 0 amide bonds. The van der Waals surface area contributed by atoms with Crippen LogP contribution in [-0.4, -0.2) is 23.3 Å². The lowest BCUT2D eigenvalue weighted by Crippen LogP contribution is -2.42. The van der Waals surface area contributed by atoms with E-state index in [4.69, 9.17) is 4.74 Å². The minimum absolute atomic E-state index is 0.0519.